The van der Waals surface area contributed by atoms with Crippen LogP contribution in [0.4, 0.5) is 0 Å². The Labute approximate surface area is 169 Å². The fourth-order valence-corrected chi connectivity index (χ4v) is 3.78. The van der Waals surface area contributed by atoms with Gasteiger partial charge in [-0.15, -0.1) is 11.3 Å². The monoisotopic (exact) mass is 419 g/mol. The first kappa shape index (κ1) is 19.1. The van der Waals surface area contributed by atoms with Crippen LogP contribution in [0.2, 0.25) is 5.02 Å². The molecule has 0 fully saturated rings. The first-order valence-electron chi connectivity index (χ1n) is 7.77. The lowest BCUT2D eigenvalue weighted by atomic mass is 10.2. The first-order valence-corrected chi connectivity index (χ1v) is 9.37. The van der Waals surface area contributed by atoms with Gasteiger partial charge in [-0.1, -0.05) is 29.8 Å². The van der Waals surface area contributed by atoms with Crippen molar-refractivity contribution in [3.8, 4) is 0 Å². The van der Waals surface area contributed by atoms with Gasteiger partial charge in [0.1, 0.15) is 16.4 Å². The number of hydrogen-bond acceptors (Lipinski definition) is 5. The minimum absolute atomic E-state index is 0.0501. The average Bonchev–Trinajstić information content (AvgIpc) is 3.21. The molecule has 0 aliphatic heterocycles. The molecule has 0 atom stereocenters. The standard InChI is InChI=1S/C18H14ClN3O3S2/c1-10-6-7-11(25-10)8-9-14(23)20-18(26)22-21-17(24)16-15(19)12-4-2-3-5-13(12)27-16/h2-9H,1H3,(H,21,24)(H2,20,22,23,26). The van der Waals surface area contributed by atoms with Crippen molar-refractivity contribution >= 4 is 68.2 Å². The number of hydrazine groups is 1. The van der Waals surface area contributed by atoms with Crippen LogP contribution < -0.4 is 16.2 Å². The lowest BCUT2D eigenvalue weighted by Gasteiger charge is -2.08. The second-order valence-electron chi connectivity index (χ2n) is 5.42. The molecule has 0 radical (unpaired) electrons. The Bertz CT molecular complexity index is 1060. The van der Waals surface area contributed by atoms with Crippen LogP contribution >= 0.6 is 35.2 Å². The summed E-state index contributed by atoms with van der Waals surface area (Å²) in [5, 5.41) is 3.55. The minimum Gasteiger partial charge on any atom is -0.462 e. The summed E-state index contributed by atoms with van der Waals surface area (Å²) in [6.45, 7) is 1.81. The smallest absolute Gasteiger partial charge is 0.281 e. The summed E-state index contributed by atoms with van der Waals surface area (Å²) in [6.07, 6.45) is 2.79. The highest BCUT2D eigenvalue weighted by molar-refractivity contribution is 7.80. The number of nitrogens with one attached hydrogen (secondary N) is 3. The molecular formula is C18H14ClN3O3S2. The van der Waals surface area contributed by atoms with E-state index in [9.17, 15) is 9.59 Å². The van der Waals surface area contributed by atoms with Crippen molar-refractivity contribution in [1.82, 2.24) is 16.2 Å². The highest BCUT2D eigenvalue weighted by Crippen LogP contribution is 2.34. The van der Waals surface area contributed by atoms with E-state index in [1.165, 1.54) is 23.5 Å². The van der Waals surface area contributed by atoms with Gasteiger partial charge in [-0.25, -0.2) is 0 Å². The summed E-state index contributed by atoms with van der Waals surface area (Å²) in [5.74, 6) is 0.388. The van der Waals surface area contributed by atoms with Gasteiger partial charge in [-0.3, -0.25) is 25.8 Å². The fraction of sp³-hybridized carbons (Fsp3) is 0.0556. The first-order chi connectivity index (χ1) is 12.9. The topological polar surface area (TPSA) is 83.4 Å². The van der Waals surface area contributed by atoms with E-state index in [1.54, 1.807) is 12.1 Å². The molecule has 3 N–H and O–H groups in total. The van der Waals surface area contributed by atoms with Crippen molar-refractivity contribution < 1.29 is 14.0 Å². The highest BCUT2D eigenvalue weighted by Gasteiger charge is 2.17. The Morgan fingerprint density at radius 1 is 1.19 bits per heavy atom. The van der Waals surface area contributed by atoms with E-state index in [2.05, 4.69) is 16.2 Å². The molecule has 0 aliphatic carbocycles. The second kappa shape index (κ2) is 8.34. The zero-order chi connectivity index (χ0) is 19.4. The number of thiocarbonyl (C=S) groups is 1. The van der Waals surface area contributed by atoms with Crippen LogP contribution in [-0.2, 0) is 4.79 Å². The number of carbonyl (C=O) groups excluding carboxylic acids is 2. The predicted octanol–water partition coefficient (Wildman–Crippen LogP) is 3.81. The molecular weight excluding hydrogens is 406 g/mol. The zero-order valence-electron chi connectivity index (χ0n) is 14.0. The van der Waals surface area contributed by atoms with Crippen LogP contribution in [0.1, 0.15) is 21.2 Å². The third-order valence-electron chi connectivity index (χ3n) is 3.43. The maximum absolute atomic E-state index is 12.3. The normalized spacial score (nSPS) is 10.9. The van der Waals surface area contributed by atoms with Crippen LogP contribution in [0.15, 0.2) is 46.9 Å². The zero-order valence-corrected chi connectivity index (χ0v) is 16.4. The molecule has 0 unspecified atom stereocenters. The van der Waals surface area contributed by atoms with Gasteiger partial charge in [0.25, 0.3) is 5.91 Å². The molecule has 3 aromatic rings. The summed E-state index contributed by atoms with van der Waals surface area (Å²) in [7, 11) is 0. The Hall–Kier alpha value is -2.68. The number of hydrogen-bond donors (Lipinski definition) is 3. The van der Waals surface area contributed by atoms with Crippen LogP contribution in [0.5, 0.6) is 0 Å². The van der Waals surface area contributed by atoms with Crippen LogP contribution in [0.3, 0.4) is 0 Å². The molecule has 27 heavy (non-hydrogen) atoms. The maximum Gasteiger partial charge on any atom is 0.281 e. The molecule has 0 aliphatic rings. The number of aryl methyl sites for hydroxylation is 1. The predicted molar refractivity (Wildman–Crippen MR) is 111 cm³/mol. The number of rotatable bonds is 3. The van der Waals surface area contributed by atoms with Crippen molar-refractivity contribution in [3.05, 3.63) is 63.9 Å². The Balaban J connectivity index is 1.53. The van der Waals surface area contributed by atoms with Gasteiger partial charge < -0.3 is 4.42 Å². The summed E-state index contributed by atoms with van der Waals surface area (Å²) >= 11 is 12.5. The summed E-state index contributed by atoms with van der Waals surface area (Å²) in [6, 6.07) is 11.0. The molecule has 1 aromatic carbocycles. The SMILES string of the molecule is Cc1ccc(C=CC(=O)NC(=S)NNC(=O)c2sc3ccccc3c2Cl)o1. The molecule has 0 spiro atoms. The molecule has 2 amide bonds. The van der Waals surface area contributed by atoms with E-state index in [-0.39, 0.29) is 5.11 Å². The molecule has 0 saturated heterocycles. The number of amides is 2. The lowest BCUT2D eigenvalue weighted by Crippen LogP contribution is -2.48. The second-order valence-corrected chi connectivity index (χ2v) is 7.26. The van der Waals surface area contributed by atoms with Crippen molar-refractivity contribution in [2.45, 2.75) is 6.92 Å². The van der Waals surface area contributed by atoms with Gasteiger partial charge in [-0.2, -0.15) is 0 Å². The highest BCUT2D eigenvalue weighted by atomic mass is 35.5. The van der Waals surface area contributed by atoms with Crippen molar-refractivity contribution in [2.75, 3.05) is 0 Å². The van der Waals surface area contributed by atoms with E-state index in [0.29, 0.717) is 15.7 Å². The molecule has 138 valence electrons. The van der Waals surface area contributed by atoms with Gasteiger partial charge >= 0.3 is 0 Å². The maximum atomic E-state index is 12.3. The van der Waals surface area contributed by atoms with Crippen LogP contribution in [0, 0.1) is 6.92 Å². The molecule has 9 heteroatoms. The third-order valence-corrected chi connectivity index (χ3v) is 5.31. The minimum atomic E-state index is -0.462. The quantitative estimate of drug-likeness (QED) is 0.341. The third kappa shape index (κ3) is 4.73. The Morgan fingerprint density at radius 2 is 1.96 bits per heavy atom. The Morgan fingerprint density at radius 3 is 2.67 bits per heavy atom. The molecule has 0 saturated carbocycles. The van der Waals surface area contributed by atoms with Gasteiger partial charge in [0.2, 0.25) is 5.91 Å². The van der Waals surface area contributed by atoms with E-state index < -0.39 is 11.8 Å². The van der Waals surface area contributed by atoms with Gasteiger partial charge in [-0.05, 0) is 43.4 Å². The van der Waals surface area contributed by atoms with Crippen molar-refractivity contribution in [1.29, 1.82) is 0 Å². The molecule has 3 rings (SSSR count). The average molecular weight is 420 g/mol. The van der Waals surface area contributed by atoms with Gasteiger partial charge in [0.05, 0.1) is 5.02 Å². The number of carbonyl (C=O) groups is 2. The number of furan rings is 1. The largest absolute Gasteiger partial charge is 0.462 e. The number of halogens is 1. The molecule has 2 heterocycles. The molecule has 0 bridgehead atoms. The molecule has 2 aromatic heterocycles. The van der Waals surface area contributed by atoms with Gasteiger partial charge in [0.15, 0.2) is 5.11 Å². The van der Waals surface area contributed by atoms with E-state index in [1.807, 2.05) is 31.2 Å². The Kier molecular flexibility index (Phi) is 5.90. The number of thiophene rings is 1. The summed E-state index contributed by atoms with van der Waals surface area (Å²) in [4.78, 5) is 24.5. The van der Waals surface area contributed by atoms with Crippen molar-refractivity contribution in [2.24, 2.45) is 0 Å². The van der Waals surface area contributed by atoms with Crippen LogP contribution in [0.25, 0.3) is 16.2 Å². The number of fused-ring (bicyclic) bond motifs is 1. The van der Waals surface area contributed by atoms with Crippen molar-refractivity contribution in [3.63, 3.8) is 0 Å². The van der Waals surface area contributed by atoms with E-state index >= 15 is 0 Å². The van der Waals surface area contributed by atoms with Gasteiger partial charge in [0, 0.05) is 16.2 Å². The fourth-order valence-electron chi connectivity index (χ4n) is 2.22. The van der Waals surface area contributed by atoms with E-state index in [0.717, 1.165) is 15.8 Å². The molecule has 6 nitrogen and oxygen atoms in total. The van der Waals surface area contributed by atoms with E-state index in [4.69, 9.17) is 28.2 Å². The summed E-state index contributed by atoms with van der Waals surface area (Å²) in [5.41, 5.74) is 4.90. The summed E-state index contributed by atoms with van der Waals surface area (Å²) < 4.78 is 6.22. The number of benzene rings is 1. The van der Waals surface area contributed by atoms with Crippen LogP contribution in [-0.4, -0.2) is 16.9 Å². The lowest BCUT2D eigenvalue weighted by molar-refractivity contribution is -0.115.